The van der Waals surface area contributed by atoms with Crippen LogP contribution >= 0.6 is 0 Å². The van der Waals surface area contributed by atoms with E-state index in [1.54, 1.807) is 51.4 Å². The lowest BCUT2D eigenvalue weighted by Crippen LogP contribution is -2.10. The second-order valence-electron chi connectivity index (χ2n) is 18.8. The minimum absolute atomic E-state index is 0.00500. The minimum Gasteiger partial charge on any atom is -0.496 e. The Labute approximate surface area is 416 Å². The van der Waals surface area contributed by atoms with Crippen molar-refractivity contribution >= 4 is 17.1 Å². The van der Waals surface area contributed by atoms with Crippen molar-refractivity contribution in [3.63, 3.8) is 0 Å². The molecule has 2 N–H and O–H groups in total. The fraction of sp³-hybridized carbons (Fsp3) is 0.576. The van der Waals surface area contributed by atoms with Crippen LogP contribution in [0.3, 0.4) is 0 Å². The van der Waals surface area contributed by atoms with E-state index in [0.717, 1.165) is 96.9 Å². The molecule has 4 rings (SSSR count). The number of alkyl halides is 3. The number of nitrogens with zero attached hydrogens (tertiary/aromatic N) is 3. The molecule has 10 heteroatoms. The van der Waals surface area contributed by atoms with E-state index >= 15 is 0 Å². The van der Waals surface area contributed by atoms with Gasteiger partial charge in [-0.1, -0.05) is 177 Å². The van der Waals surface area contributed by atoms with Gasteiger partial charge in [-0.25, -0.2) is 14.4 Å². The molecule has 4 aromatic rings. The second kappa shape index (κ2) is 35.4. The molecule has 0 aliphatic carbocycles. The van der Waals surface area contributed by atoms with Gasteiger partial charge in [-0.2, -0.15) is 13.2 Å². The molecule has 0 spiro atoms. The van der Waals surface area contributed by atoms with Crippen LogP contribution in [0.2, 0.25) is 0 Å². The maximum absolute atomic E-state index is 12.5. The minimum atomic E-state index is -4.27. The monoisotopic (exact) mass is 965 g/mol. The van der Waals surface area contributed by atoms with E-state index in [-0.39, 0.29) is 11.6 Å². The summed E-state index contributed by atoms with van der Waals surface area (Å²) < 4.78 is 57.4. The number of fused-ring (bicyclic) bond motifs is 1. The molecule has 0 bridgehead atoms. The Hall–Kier alpha value is -4.73. The van der Waals surface area contributed by atoms with E-state index < -0.39 is 11.7 Å². The Morgan fingerprint density at radius 3 is 1.88 bits per heavy atom. The molecule has 0 radical (unpaired) electrons. The van der Waals surface area contributed by atoms with E-state index in [9.17, 15) is 22.4 Å². The number of hydrogen-bond acceptors (Lipinski definition) is 5. The Bertz CT molecular complexity index is 2090. The lowest BCUT2D eigenvalue weighted by atomic mass is 9.89. The van der Waals surface area contributed by atoms with Crippen molar-refractivity contribution in [1.82, 2.24) is 14.4 Å². The van der Waals surface area contributed by atoms with Crippen molar-refractivity contribution in [3.05, 3.63) is 113 Å². The third kappa shape index (κ3) is 25.1. The van der Waals surface area contributed by atoms with Crippen molar-refractivity contribution < 1.29 is 27.1 Å². The van der Waals surface area contributed by atoms with E-state index in [4.69, 9.17) is 15.5 Å². The highest BCUT2D eigenvalue weighted by Gasteiger charge is 2.31. The fourth-order valence-electron chi connectivity index (χ4n) is 6.76. The number of benzene rings is 2. The molecule has 4 unspecified atom stereocenters. The van der Waals surface area contributed by atoms with Crippen LogP contribution in [0.1, 0.15) is 202 Å². The summed E-state index contributed by atoms with van der Waals surface area (Å²) in [6.45, 7) is 31.6. The molecule has 0 saturated heterocycles. The number of imidazole rings is 1. The van der Waals surface area contributed by atoms with Gasteiger partial charge >= 0.3 is 6.18 Å². The predicted molar refractivity (Wildman–Crippen MR) is 288 cm³/mol. The maximum Gasteiger partial charge on any atom is 0.416 e. The molecule has 0 fully saturated rings. The van der Waals surface area contributed by atoms with Crippen LogP contribution in [-0.2, 0) is 6.42 Å². The molecular weight excluding hydrogens is 873 g/mol. The zero-order valence-electron chi connectivity index (χ0n) is 45.6. The summed E-state index contributed by atoms with van der Waals surface area (Å²) in [6.07, 6.45) is 18.2. The largest absolute Gasteiger partial charge is 0.496 e. The number of carbonyl (C=O) groups is 1. The molecule has 0 aliphatic rings. The number of allylic oxidation sites excluding steroid dienone is 6. The highest BCUT2D eigenvalue weighted by molar-refractivity contribution is 5.96. The third-order valence-electron chi connectivity index (χ3n) is 12.4. The number of methoxy groups -OCH3 is 1. The van der Waals surface area contributed by atoms with E-state index in [0.29, 0.717) is 35.4 Å². The lowest BCUT2D eigenvalue weighted by molar-refractivity contribution is -0.0882. The zero-order chi connectivity index (χ0) is 52.7. The molecule has 0 amide bonds. The average molecular weight is 965 g/mol. The number of anilines is 1. The zero-order valence-corrected chi connectivity index (χ0v) is 45.6. The van der Waals surface area contributed by atoms with Gasteiger partial charge < -0.3 is 10.5 Å². The first-order chi connectivity index (χ1) is 32.6. The molecular formula is C59H92F4N4O2. The van der Waals surface area contributed by atoms with Crippen molar-refractivity contribution in [1.29, 1.82) is 0 Å². The number of carbonyl (C=O) groups excluding carboxylic acids is 1. The highest BCUT2D eigenvalue weighted by atomic mass is 19.4. The number of unbranched alkanes of at least 4 members (excludes halogenated alkanes) is 1. The van der Waals surface area contributed by atoms with Gasteiger partial charge in [-0.3, -0.25) is 9.20 Å². The summed E-state index contributed by atoms with van der Waals surface area (Å²) >= 11 is 0. The maximum atomic E-state index is 12.5. The average Bonchev–Trinajstić information content (AvgIpc) is 3.73. The van der Waals surface area contributed by atoms with Gasteiger partial charge in [0.2, 0.25) is 0 Å². The number of nitrogen functional groups attached to an aromatic ring is 1. The molecule has 388 valence electrons. The summed E-state index contributed by atoms with van der Waals surface area (Å²) in [6, 6.07) is 12.0. The topological polar surface area (TPSA) is 82.5 Å². The molecule has 6 nitrogen and oxygen atoms in total. The van der Waals surface area contributed by atoms with Crippen LogP contribution in [0.4, 0.5) is 23.4 Å². The summed E-state index contributed by atoms with van der Waals surface area (Å²) in [5, 5.41) is 0. The predicted octanol–water partition coefficient (Wildman–Crippen LogP) is 18.6. The third-order valence-corrected chi connectivity index (χ3v) is 12.4. The summed E-state index contributed by atoms with van der Waals surface area (Å²) in [5.41, 5.74) is 10.6. The lowest BCUT2D eigenvalue weighted by Gasteiger charge is -2.19. The number of ketones is 1. The van der Waals surface area contributed by atoms with Crippen molar-refractivity contribution in [3.8, 4) is 17.0 Å². The van der Waals surface area contributed by atoms with Crippen LogP contribution in [0.25, 0.3) is 16.8 Å². The number of Topliss-reactive ketones (excluding diaryl/α,β-unsaturated/α-hetero) is 1. The van der Waals surface area contributed by atoms with Gasteiger partial charge in [0.1, 0.15) is 34.4 Å². The van der Waals surface area contributed by atoms with Crippen LogP contribution in [-0.4, -0.2) is 33.4 Å². The number of rotatable bonds is 20. The molecule has 2 aromatic carbocycles. The van der Waals surface area contributed by atoms with Crippen molar-refractivity contribution in [2.45, 2.75) is 193 Å². The quantitative estimate of drug-likeness (QED) is 0.0542. The molecule has 69 heavy (non-hydrogen) atoms. The van der Waals surface area contributed by atoms with Crippen LogP contribution in [0, 0.1) is 29.5 Å². The van der Waals surface area contributed by atoms with Gasteiger partial charge in [0.05, 0.1) is 12.7 Å². The summed E-state index contributed by atoms with van der Waals surface area (Å²) in [5.74, 6) is 5.59. The smallest absolute Gasteiger partial charge is 0.416 e. The van der Waals surface area contributed by atoms with Crippen LogP contribution in [0.5, 0.6) is 5.75 Å². The second-order valence-corrected chi connectivity index (χ2v) is 18.8. The SMILES string of the molecule is CC/C=C/C=C(\C=C(/C)CC)C(F)(F)F.CCC(C)C.CCC(C)CC(C)CC.CCCCC(CC(C)CC)c1nc(-c2ccc(C(C)=O)cc2OC)c2c(N)nccn12.CCc1ccc(F)cc1. The molecule has 4 atom stereocenters. The van der Waals surface area contributed by atoms with Crippen molar-refractivity contribution in [2.24, 2.45) is 23.7 Å². The normalized spacial score (nSPS) is 13.5. The van der Waals surface area contributed by atoms with E-state index in [2.05, 4.69) is 78.6 Å². The number of aryl methyl sites for hydroxylation is 1. The van der Waals surface area contributed by atoms with Gasteiger partial charge in [0, 0.05) is 29.4 Å². The number of halogens is 4. The Morgan fingerprint density at radius 2 is 1.42 bits per heavy atom. The Morgan fingerprint density at radius 1 is 0.841 bits per heavy atom. The summed E-state index contributed by atoms with van der Waals surface area (Å²) in [7, 11) is 1.61. The first-order valence-electron chi connectivity index (χ1n) is 25.8. The van der Waals surface area contributed by atoms with Gasteiger partial charge in [0.15, 0.2) is 5.78 Å². The first kappa shape index (κ1) is 64.3. The standard InChI is InChI=1S/C25H34N4O2.C12H17F3.C9H20.C8H9F.C5H12/c1-6-8-9-19(14-16(3)7-2)25-28-22(23-24(26)27-12-13-29(23)25)20-11-10-18(17(4)30)15-21(20)31-5;1-4-6-7-8-11(12(13,14)15)9-10(3)5-2;1-5-8(3)7-9(4)6-2;1-2-7-3-5-8(9)6-4-7;1-4-5(2)3/h10-13,15-16,19H,6-9,14H2,1-5H3,(H2,26,27);6-9H,4-5H2,1-3H3;8-9H,5-7H2,1-4H3;3-6H,2H2,1H3;5H,4H2,1-3H3/b;7-6+,10-9+,11-8+;;;. The molecule has 0 aliphatic heterocycles. The van der Waals surface area contributed by atoms with Crippen molar-refractivity contribution in [2.75, 3.05) is 12.8 Å². The Balaban J connectivity index is 0.00000100. The fourth-order valence-corrected chi connectivity index (χ4v) is 6.76. The highest BCUT2D eigenvalue weighted by Crippen LogP contribution is 2.39. The summed E-state index contributed by atoms with van der Waals surface area (Å²) in [4.78, 5) is 21.3. The Kier molecular flexibility index (Phi) is 33.0. The number of nitrogens with two attached hydrogens (primary N) is 1. The number of hydrogen-bond donors (Lipinski definition) is 1. The van der Waals surface area contributed by atoms with Gasteiger partial charge in [-0.05, 0) is 106 Å². The van der Waals surface area contributed by atoms with Gasteiger partial charge in [0.25, 0.3) is 0 Å². The molecule has 0 saturated carbocycles. The first-order valence-corrected chi connectivity index (χ1v) is 25.8. The molecule has 2 heterocycles. The molecule has 2 aromatic heterocycles. The van der Waals surface area contributed by atoms with E-state index in [1.807, 2.05) is 39.1 Å². The van der Waals surface area contributed by atoms with Crippen LogP contribution < -0.4 is 10.5 Å². The van der Waals surface area contributed by atoms with Gasteiger partial charge in [-0.15, -0.1) is 0 Å². The number of aromatic nitrogens is 3. The van der Waals surface area contributed by atoms with Crippen LogP contribution in [0.15, 0.2) is 90.3 Å². The van der Waals surface area contributed by atoms with E-state index in [1.165, 1.54) is 55.5 Å². The number of ether oxygens (including phenoxy) is 1.